The van der Waals surface area contributed by atoms with Gasteiger partial charge in [-0.05, 0) is 43.2 Å². The van der Waals surface area contributed by atoms with Gasteiger partial charge in [-0.3, -0.25) is 4.79 Å². The van der Waals surface area contributed by atoms with E-state index in [1.54, 1.807) is 30.5 Å². The van der Waals surface area contributed by atoms with Crippen LogP contribution in [0.1, 0.15) is 47.1 Å². The van der Waals surface area contributed by atoms with Gasteiger partial charge in [0.2, 0.25) is 0 Å². The highest BCUT2D eigenvalue weighted by Crippen LogP contribution is 2.26. The quantitative estimate of drug-likeness (QED) is 0.387. The molecule has 2 heterocycles. The highest BCUT2D eigenvalue weighted by molar-refractivity contribution is 6.30. The first-order valence-corrected chi connectivity index (χ1v) is 10.9. The van der Waals surface area contributed by atoms with Crippen LogP contribution in [-0.4, -0.2) is 20.4 Å². The van der Waals surface area contributed by atoms with E-state index in [9.17, 15) is 4.79 Å². The molecule has 0 aliphatic rings. The summed E-state index contributed by atoms with van der Waals surface area (Å²) in [6.45, 7) is 4.88. The van der Waals surface area contributed by atoms with Gasteiger partial charge in [0.25, 0.3) is 5.91 Å². The summed E-state index contributed by atoms with van der Waals surface area (Å²) in [6, 6.07) is 17.2. The zero-order valence-corrected chi connectivity index (χ0v) is 18.5. The van der Waals surface area contributed by atoms with Crippen molar-refractivity contribution in [3.63, 3.8) is 0 Å². The number of amides is 1. The number of unbranched alkanes of at least 4 members (excludes halogenated alkanes) is 1. The lowest BCUT2D eigenvalue weighted by Gasteiger charge is -2.10. The molecule has 4 aromatic rings. The molecule has 0 fully saturated rings. The average molecular weight is 433 g/mol. The van der Waals surface area contributed by atoms with E-state index in [2.05, 4.69) is 28.9 Å². The molecule has 2 aromatic heterocycles. The van der Waals surface area contributed by atoms with E-state index in [1.165, 1.54) is 5.56 Å². The fourth-order valence-corrected chi connectivity index (χ4v) is 3.73. The second-order valence-electron chi connectivity index (χ2n) is 7.63. The second-order valence-corrected chi connectivity index (χ2v) is 8.07. The number of hydrogen-bond acceptors (Lipinski definition) is 3. The zero-order chi connectivity index (χ0) is 21.8. The summed E-state index contributed by atoms with van der Waals surface area (Å²) in [4.78, 5) is 22.3. The third kappa shape index (κ3) is 4.62. The number of aryl methyl sites for hydroxylation is 2. The molecule has 0 radical (unpaired) electrons. The summed E-state index contributed by atoms with van der Waals surface area (Å²) in [5, 5.41) is 3.56. The van der Waals surface area contributed by atoms with Crippen molar-refractivity contribution in [3.8, 4) is 0 Å². The molecule has 4 rings (SSSR count). The van der Waals surface area contributed by atoms with Crippen LogP contribution >= 0.6 is 11.6 Å². The monoisotopic (exact) mass is 432 g/mol. The number of nitrogens with one attached hydrogen (secondary N) is 1. The molecule has 0 atom stereocenters. The third-order valence-electron chi connectivity index (χ3n) is 5.39. The Kier molecular flexibility index (Phi) is 6.33. The summed E-state index contributed by atoms with van der Waals surface area (Å²) in [7, 11) is 0. The van der Waals surface area contributed by atoms with E-state index in [0.717, 1.165) is 48.4 Å². The Labute approximate surface area is 187 Å². The van der Waals surface area contributed by atoms with E-state index >= 15 is 0 Å². The van der Waals surface area contributed by atoms with Gasteiger partial charge >= 0.3 is 0 Å². The van der Waals surface area contributed by atoms with Crippen molar-refractivity contribution < 1.29 is 4.79 Å². The van der Waals surface area contributed by atoms with Crippen LogP contribution in [0.4, 0.5) is 5.69 Å². The minimum absolute atomic E-state index is 0.198. The van der Waals surface area contributed by atoms with Crippen LogP contribution in [0.3, 0.4) is 0 Å². The van der Waals surface area contributed by atoms with Gasteiger partial charge in [0.05, 0.1) is 18.4 Å². The van der Waals surface area contributed by atoms with Crippen molar-refractivity contribution in [2.45, 2.75) is 39.7 Å². The van der Waals surface area contributed by atoms with Gasteiger partial charge in [0.15, 0.2) is 5.65 Å². The standard InChI is InChI=1S/C25H25ClN4O/c1-3-4-10-22-29-23-17(2)21(28-25(31)19-11-13-20(26)14-12-19)15-27-24(23)30(22)16-18-8-6-5-7-9-18/h5-9,11-15H,3-4,10,16H2,1-2H3,(H,28,31). The Bertz CT molecular complexity index is 1200. The average Bonchev–Trinajstić information content (AvgIpc) is 3.13. The molecule has 0 bridgehead atoms. The molecule has 0 saturated carbocycles. The number of hydrogen-bond donors (Lipinski definition) is 1. The van der Waals surface area contributed by atoms with Crippen LogP contribution in [0.5, 0.6) is 0 Å². The number of carbonyl (C=O) groups excluding carboxylic acids is 1. The molecule has 0 aliphatic heterocycles. The summed E-state index contributed by atoms with van der Waals surface area (Å²) < 4.78 is 2.19. The zero-order valence-electron chi connectivity index (χ0n) is 17.7. The van der Waals surface area contributed by atoms with Crippen molar-refractivity contribution in [2.75, 3.05) is 5.32 Å². The predicted octanol–water partition coefficient (Wildman–Crippen LogP) is 6.04. The number of fused-ring (bicyclic) bond motifs is 1. The Morgan fingerprint density at radius 3 is 2.55 bits per heavy atom. The minimum Gasteiger partial charge on any atom is -0.320 e. The number of pyridine rings is 1. The maximum atomic E-state index is 12.7. The second kappa shape index (κ2) is 9.31. The maximum Gasteiger partial charge on any atom is 0.255 e. The number of anilines is 1. The fourth-order valence-electron chi connectivity index (χ4n) is 3.60. The Hall–Kier alpha value is -3.18. The normalized spacial score (nSPS) is 11.1. The van der Waals surface area contributed by atoms with Gasteiger partial charge in [0.1, 0.15) is 11.3 Å². The van der Waals surface area contributed by atoms with Crippen molar-refractivity contribution in [1.82, 2.24) is 14.5 Å². The van der Waals surface area contributed by atoms with Crippen molar-refractivity contribution in [1.29, 1.82) is 0 Å². The highest BCUT2D eigenvalue weighted by Gasteiger charge is 2.17. The molecule has 6 heteroatoms. The van der Waals surface area contributed by atoms with Crippen LogP contribution in [0.15, 0.2) is 60.8 Å². The predicted molar refractivity (Wildman–Crippen MR) is 126 cm³/mol. The van der Waals surface area contributed by atoms with Crippen LogP contribution in [0.25, 0.3) is 11.2 Å². The summed E-state index contributed by atoms with van der Waals surface area (Å²) in [5.74, 6) is 0.827. The molecule has 0 spiro atoms. The Morgan fingerprint density at radius 2 is 1.84 bits per heavy atom. The van der Waals surface area contributed by atoms with Crippen LogP contribution < -0.4 is 5.32 Å². The van der Waals surface area contributed by atoms with E-state index in [4.69, 9.17) is 21.6 Å². The van der Waals surface area contributed by atoms with Crippen molar-refractivity contribution in [3.05, 3.63) is 88.3 Å². The Morgan fingerprint density at radius 1 is 1.10 bits per heavy atom. The SMILES string of the molecule is CCCCc1nc2c(C)c(NC(=O)c3ccc(Cl)cc3)cnc2n1Cc1ccccc1. The molecule has 0 aliphatic carbocycles. The van der Waals surface area contributed by atoms with Crippen LogP contribution in [-0.2, 0) is 13.0 Å². The van der Waals surface area contributed by atoms with Crippen molar-refractivity contribution >= 4 is 34.4 Å². The van der Waals surface area contributed by atoms with E-state index in [-0.39, 0.29) is 5.91 Å². The van der Waals surface area contributed by atoms with Gasteiger partial charge in [-0.25, -0.2) is 9.97 Å². The topological polar surface area (TPSA) is 59.8 Å². The largest absolute Gasteiger partial charge is 0.320 e. The molecule has 0 unspecified atom stereocenters. The molecule has 1 N–H and O–H groups in total. The Balaban J connectivity index is 1.69. The van der Waals surface area contributed by atoms with Crippen LogP contribution in [0, 0.1) is 6.92 Å². The first kappa shape index (κ1) is 21.1. The number of aromatic nitrogens is 3. The van der Waals surface area contributed by atoms with E-state index < -0.39 is 0 Å². The first-order chi connectivity index (χ1) is 15.1. The van der Waals surface area contributed by atoms with Gasteiger partial charge in [-0.2, -0.15) is 0 Å². The van der Waals surface area contributed by atoms with Gasteiger partial charge in [-0.1, -0.05) is 55.3 Å². The summed E-state index contributed by atoms with van der Waals surface area (Å²) in [6.07, 6.45) is 4.78. The van der Waals surface area contributed by atoms with Gasteiger partial charge < -0.3 is 9.88 Å². The van der Waals surface area contributed by atoms with E-state index in [0.29, 0.717) is 16.3 Å². The molecular formula is C25H25ClN4O. The lowest BCUT2D eigenvalue weighted by Crippen LogP contribution is -2.13. The highest BCUT2D eigenvalue weighted by atomic mass is 35.5. The number of nitrogens with zero attached hydrogens (tertiary/aromatic N) is 3. The number of carbonyl (C=O) groups is 1. The summed E-state index contributed by atoms with van der Waals surface area (Å²) in [5.41, 5.74) is 5.00. The molecule has 158 valence electrons. The lowest BCUT2D eigenvalue weighted by atomic mass is 10.2. The number of benzene rings is 2. The number of halogens is 1. The molecule has 31 heavy (non-hydrogen) atoms. The smallest absolute Gasteiger partial charge is 0.255 e. The molecule has 2 aromatic carbocycles. The van der Waals surface area contributed by atoms with Gasteiger partial charge in [0, 0.05) is 22.6 Å². The fraction of sp³-hybridized carbons (Fsp3) is 0.240. The lowest BCUT2D eigenvalue weighted by molar-refractivity contribution is 0.102. The first-order valence-electron chi connectivity index (χ1n) is 10.5. The molecule has 1 amide bonds. The minimum atomic E-state index is -0.198. The van der Waals surface area contributed by atoms with Gasteiger partial charge in [-0.15, -0.1) is 0 Å². The molecule has 5 nitrogen and oxygen atoms in total. The third-order valence-corrected chi connectivity index (χ3v) is 5.64. The molecule has 0 saturated heterocycles. The number of imidazole rings is 1. The van der Waals surface area contributed by atoms with E-state index in [1.807, 2.05) is 25.1 Å². The molecular weight excluding hydrogens is 408 g/mol. The van der Waals surface area contributed by atoms with Crippen molar-refractivity contribution in [2.24, 2.45) is 0 Å². The summed E-state index contributed by atoms with van der Waals surface area (Å²) >= 11 is 5.93. The maximum absolute atomic E-state index is 12.7. The van der Waals surface area contributed by atoms with Crippen LogP contribution in [0.2, 0.25) is 5.02 Å². The number of rotatable bonds is 7.